The predicted octanol–water partition coefficient (Wildman–Crippen LogP) is 3.04. The van der Waals surface area contributed by atoms with Crippen LogP contribution in [0.25, 0.3) is 11.4 Å². The summed E-state index contributed by atoms with van der Waals surface area (Å²) in [6.07, 6.45) is 0. The summed E-state index contributed by atoms with van der Waals surface area (Å²) >= 11 is 0. The van der Waals surface area contributed by atoms with Crippen LogP contribution in [0.15, 0.2) is 28.8 Å². The molecule has 5 heteroatoms. The smallest absolute Gasteiger partial charge is 0.397 e. The monoisotopic (exact) mass is 260 g/mol. The SMILES string of the molecule is CCOC(=O)c1nc(-c2ccc(C(C)C)cc2)no1. The lowest BCUT2D eigenvalue weighted by Gasteiger charge is -2.04. The number of ether oxygens (including phenoxy) is 1. The van der Waals surface area contributed by atoms with Crippen LogP contribution < -0.4 is 0 Å². The Morgan fingerprint density at radius 3 is 2.58 bits per heavy atom. The maximum absolute atomic E-state index is 11.4. The molecule has 0 aliphatic carbocycles. The lowest BCUT2D eigenvalue weighted by molar-refractivity contribution is 0.0470. The third-order valence-electron chi connectivity index (χ3n) is 2.71. The standard InChI is InChI=1S/C14H16N2O3/c1-4-18-14(17)13-15-12(16-19-13)11-7-5-10(6-8-11)9(2)3/h5-9H,4H2,1-3H3. The van der Waals surface area contributed by atoms with Gasteiger partial charge in [-0.25, -0.2) is 4.79 Å². The molecule has 2 aromatic rings. The molecule has 0 aliphatic heterocycles. The van der Waals surface area contributed by atoms with E-state index in [1.165, 1.54) is 5.56 Å². The highest BCUT2D eigenvalue weighted by molar-refractivity contribution is 5.84. The van der Waals surface area contributed by atoms with Gasteiger partial charge in [0.2, 0.25) is 5.82 Å². The first-order valence-corrected chi connectivity index (χ1v) is 6.23. The minimum Gasteiger partial charge on any atom is -0.459 e. The fourth-order valence-electron chi connectivity index (χ4n) is 1.63. The zero-order valence-corrected chi connectivity index (χ0v) is 11.2. The minimum absolute atomic E-state index is 0.121. The number of hydrogen-bond acceptors (Lipinski definition) is 5. The normalized spacial score (nSPS) is 10.7. The van der Waals surface area contributed by atoms with E-state index >= 15 is 0 Å². The van der Waals surface area contributed by atoms with Crippen LogP contribution in [0, 0.1) is 0 Å². The van der Waals surface area contributed by atoms with Gasteiger partial charge in [-0.1, -0.05) is 43.3 Å². The largest absolute Gasteiger partial charge is 0.459 e. The van der Waals surface area contributed by atoms with Crippen molar-refractivity contribution in [2.24, 2.45) is 0 Å². The van der Waals surface area contributed by atoms with Crippen molar-refractivity contribution in [1.82, 2.24) is 10.1 Å². The van der Waals surface area contributed by atoms with Crippen LogP contribution in [0.4, 0.5) is 0 Å². The van der Waals surface area contributed by atoms with Crippen molar-refractivity contribution in [3.05, 3.63) is 35.7 Å². The highest BCUT2D eigenvalue weighted by Crippen LogP contribution is 2.20. The summed E-state index contributed by atoms with van der Waals surface area (Å²) in [6.45, 7) is 6.25. The Morgan fingerprint density at radius 2 is 2.00 bits per heavy atom. The molecule has 1 heterocycles. The van der Waals surface area contributed by atoms with E-state index in [9.17, 15) is 4.79 Å². The van der Waals surface area contributed by atoms with Gasteiger partial charge in [0.25, 0.3) is 0 Å². The topological polar surface area (TPSA) is 65.2 Å². The van der Waals surface area contributed by atoms with Crippen LogP contribution in [-0.2, 0) is 4.74 Å². The van der Waals surface area contributed by atoms with Crippen LogP contribution in [0.3, 0.4) is 0 Å². The zero-order valence-electron chi connectivity index (χ0n) is 11.2. The van der Waals surface area contributed by atoms with Crippen LogP contribution in [0.2, 0.25) is 0 Å². The lowest BCUT2D eigenvalue weighted by atomic mass is 10.0. The van der Waals surface area contributed by atoms with Gasteiger partial charge in [0, 0.05) is 5.56 Å². The molecular weight excluding hydrogens is 244 g/mol. The van der Waals surface area contributed by atoms with E-state index in [2.05, 4.69) is 24.0 Å². The quantitative estimate of drug-likeness (QED) is 0.790. The predicted molar refractivity (Wildman–Crippen MR) is 69.8 cm³/mol. The number of esters is 1. The van der Waals surface area contributed by atoms with Crippen LogP contribution in [0.1, 0.15) is 42.9 Å². The van der Waals surface area contributed by atoms with Crippen molar-refractivity contribution in [1.29, 1.82) is 0 Å². The van der Waals surface area contributed by atoms with E-state index < -0.39 is 5.97 Å². The molecule has 0 bridgehead atoms. The molecule has 0 saturated heterocycles. The minimum atomic E-state index is -0.597. The van der Waals surface area contributed by atoms with E-state index in [1.54, 1.807) is 6.92 Å². The third kappa shape index (κ3) is 2.99. The number of benzene rings is 1. The number of aromatic nitrogens is 2. The molecule has 0 unspecified atom stereocenters. The second-order valence-electron chi connectivity index (χ2n) is 4.42. The summed E-state index contributed by atoms with van der Waals surface area (Å²) in [5.41, 5.74) is 2.04. The molecule has 0 saturated carbocycles. The second-order valence-corrected chi connectivity index (χ2v) is 4.42. The molecule has 0 fully saturated rings. The molecule has 100 valence electrons. The van der Waals surface area contributed by atoms with Crippen molar-refractivity contribution in [3.8, 4) is 11.4 Å². The average Bonchev–Trinajstić information content (AvgIpc) is 2.89. The Balaban J connectivity index is 2.20. The maximum atomic E-state index is 11.4. The van der Waals surface area contributed by atoms with Gasteiger partial charge in [-0.15, -0.1) is 0 Å². The van der Waals surface area contributed by atoms with Gasteiger partial charge in [-0.2, -0.15) is 4.98 Å². The average molecular weight is 260 g/mol. The molecule has 0 spiro atoms. The highest BCUT2D eigenvalue weighted by Gasteiger charge is 2.16. The van der Waals surface area contributed by atoms with Crippen molar-refractivity contribution in [3.63, 3.8) is 0 Å². The Labute approximate surface area is 111 Å². The molecule has 0 atom stereocenters. The van der Waals surface area contributed by atoms with Crippen molar-refractivity contribution >= 4 is 5.97 Å². The van der Waals surface area contributed by atoms with Gasteiger partial charge < -0.3 is 9.26 Å². The highest BCUT2D eigenvalue weighted by atomic mass is 16.6. The molecule has 5 nitrogen and oxygen atoms in total. The first kappa shape index (κ1) is 13.3. The van der Waals surface area contributed by atoms with E-state index in [-0.39, 0.29) is 12.5 Å². The van der Waals surface area contributed by atoms with Crippen LogP contribution in [0.5, 0.6) is 0 Å². The molecule has 1 aromatic heterocycles. The number of carbonyl (C=O) groups is 1. The summed E-state index contributed by atoms with van der Waals surface area (Å²) in [6, 6.07) is 7.85. The number of hydrogen-bond donors (Lipinski definition) is 0. The van der Waals surface area contributed by atoms with Crippen molar-refractivity contribution < 1.29 is 14.1 Å². The number of nitrogens with zero attached hydrogens (tertiary/aromatic N) is 2. The Kier molecular flexibility index (Phi) is 3.94. The fourth-order valence-corrected chi connectivity index (χ4v) is 1.63. The fraction of sp³-hybridized carbons (Fsp3) is 0.357. The molecular formula is C14H16N2O3. The van der Waals surface area contributed by atoms with E-state index in [0.717, 1.165) is 5.56 Å². The summed E-state index contributed by atoms with van der Waals surface area (Å²) in [4.78, 5) is 15.4. The van der Waals surface area contributed by atoms with Gasteiger partial charge in [-0.3, -0.25) is 0 Å². The van der Waals surface area contributed by atoms with Crippen LogP contribution in [-0.4, -0.2) is 22.7 Å². The summed E-state index contributed by atoms with van der Waals surface area (Å²) in [5.74, 6) is 0.137. The third-order valence-corrected chi connectivity index (χ3v) is 2.71. The van der Waals surface area contributed by atoms with Gasteiger partial charge >= 0.3 is 11.9 Å². The molecule has 0 N–H and O–H groups in total. The van der Waals surface area contributed by atoms with Crippen LogP contribution >= 0.6 is 0 Å². The van der Waals surface area contributed by atoms with Crippen molar-refractivity contribution in [2.45, 2.75) is 26.7 Å². The van der Waals surface area contributed by atoms with Gasteiger partial charge in [-0.05, 0) is 18.4 Å². The zero-order chi connectivity index (χ0) is 13.8. The molecule has 0 amide bonds. The van der Waals surface area contributed by atoms with Gasteiger partial charge in [0.05, 0.1) is 6.61 Å². The maximum Gasteiger partial charge on any atom is 0.397 e. The summed E-state index contributed by atoms with van der Waals surface area (Å²) in [7, 11) is 0. The Hall–Kier alpha value is -2.17. The van der Waals surface area contributed by atoms with Gasteiger partial charge in [0.1, 0.15) is 0 Å². The van der Waals surface area contributed by atoms with Gasteiger partial charge in [0.15, 0.2) is 0 Å². The molecule has 0 aliphatic rings. The molecule has 1 aromatic carbocycles. The Morgan fingerprint density at radius 1 is 1.32 bits per heavy atom. The van der Waals surface area contributed by atoms with E-state index in [4.69, 9.17) is 9.26 Å². The van der Waals surface area contributed by atoms with E-state index in [1.807, 2.05) is 24.3 Å². The molecule has 0 radical (unpaired) electrons. The molecule has 2 rings (SSSR count). The first-order valence-electron chi connectivity index (χ1n) is 6.23. The van der Waals surface area contributed by atoms with Crippen molar-refractivity contribution in [2.75, 3.05) is 6.61 Å². The lowest BCUT2D eigenvalue weighted by Crippen LogP contribution is -2.04. The number of carbonyl (C=O) groups excluding carboxylic acids is 1. The summed E-state index contributed by atoms with van der Waals surface area (Å²) < 4.78 is 9.67. The number of rotatable bonds is 4. The molecule has 19 heavy (non-hydrogen) atoms. The first-order chi connectivity index (χ1) is 9.11. The second kappa shape index (κ2) is 5.65. The Bertz CT molecular complexity index is 558. The summed E-state index contributed by atoms with van der Waals surface area (Å²) in [5, 5.41) is 3.78. The van der Waals surface area contributed by atoms with E-state index in [0.29, 0.717) is 11.7 Å².